The Bertz CT molecular complexity index is 400. The van der Waals surface area contributed by atoms with E-state index in [1.807, 2.05) is 20.8 Å². The highest BCUT2D eigenvalue weighted by Gasteiger charge is 2.58. The Labute approximate surface area is 102 Å². The predicted molar refractivity (Wildman–Crippen MR) is 59.8 cm³/mol. The quantitative estimate of drug-likeness (QED) is 0.775. The minimum absolute atomic E-state index is 0.298. The Hall–Kier alpha value is -1.33. The molecule has 0 fully saturated rings. The summed E-state index contributed by atoms with van der Waals surface area (Å²) >= 11 is 0. The maximum absolute atomic E-state index is 13.0. The predicted octanol–water partition coefficient (Wildman–Crippen LogP) is 4.55. The molecular formula is C12H14F5N. The van der Waals surface area contributed by atoms with Crippen molar-refractivity contribution in [1.82, 2.24) is 0 Å². The van der Waals surface area contributed by atoms with Crippen molar-refractivity contribution < 1.29 is 22.0 Å². The van der Waals surface area contributed by atoms with Crippen LogP contribution in [0.3, 0.4) is 0 Å². The molecule has 0 atom stereocenters. The molecule has 0 bridgehead atoms. The van der Waals surface area contributed by atoms with Crippen molar-refractivity contribution in [1.29, 1.82) is 0 Å². The van der Waals surface area contributed by atoms with Crippen molar-refractivity contribution in [3.63, 3.8) is 0 Å². The van der Waals surface area contributed by atoms with Crippen LogP contribution in [0.2, 0.25) is 0 Å². The fourth-order valence-electron chi connectivity index (χ4n) is 1.36. The van der Waals surface area contributed by atoms with Gasteiger partial charge in [-0.1, -0.05) is 12.1 Å². The van der Waals surface area contributed by atoms with Crippen molar-refractivity contribution in [2.75, 3.05) is 5.32 Å². The Morgan fingerprint density at radius 3 is 1.61 bits per heavy atom. The Balaban J connectivity index is 2.97. The van der Waals surface area contributed by atoms with E-state index in [1.54, 1.807) is 0 Å². The van der Waals surface area contributed by atoms with Gasteiger partial charge in [-0.3, -0.25) is 0 Å². The first-order valence-corrected chi connectivity index (χ1v) is 5.27. The lowest BCUT2D eigenvalue weighted by molar-refractivity contribution is -0.289. The summed E-state index contributed by atoms with van der Waals surface area (Å²) in [4.78, 5) is 0. The Morgan fingerprint density at radius 1 is 0.833 bits per heavy atom. The third kappa shape index (κ3) is 3.34. The average molecular weight is 267 g/mol. The fourth-order valence-corrected chi connectivity index (χ4v) is 1.36. The van der Waals surface area contributed by atoms with Gasteiger partial charge >= 0.3 is 12.1 Å². The molecule has 0 aromatic heterocycles. The van der Waals surface area contributed by atoms with E-state index in [4.69, 9.17) is 0 Å². The van der Waals surface area contributed by atoms with Gasteiger partial charge in [0.25, 0.3) is 0 Å². The summed E-state index contributed by atoms with van der Waals surface area (Å²) in [6.07, 6.45) is -5.58. The third-order valence-corrected chi connectivity index (χ3v) is 2.12. The van der Waals surface area contributed by atoms with Gasteiger partial charge in [-0.2, -0.15) is 22.0 Å². The van der Waals surface area contributed by atoms with Crippen molar-refractivity contribution >= 4 is 5.69 Å². The lowest BCUT2D eigenvalue weighted by atomic mass is 10.1. The number of hydrogen-bond donors (Lipinski definition) is 1. The molecule has 0 aliphatic rings. The Kier molecular flexibility index (Phi) is 3.60. The van der Waals surface area contributed by atoms with Gasteiger partial charge < -0.3 is 5.32 Å². The van der Waals surface area contributed by atoms with Gasteiger partial charge in [-0.15, -0.1) is 0 Å². The molecule has 1 nitrogen and oxygen atoms in total. The molecule has 1 rings (SSSR count). The third-order valence-electron chi connectivity index (χ3n) is 2.12. The average Bonchev–Trinajstić information content (AvgIpc) is 2.14. The molecule has 1 N–H and O–H groups in total. The molecule has 102 valence electrons. The number of anilines is 1. The van der Waals surface area contributed by atoms with E-state index in [9.17, 15) is 22.0 Å². The number of rotatable bonds is 2. The molecule has 0 spiro atoms. The lowest BCUT2D eigenvalue weighted by Crippen LogP contribution is -2.33. The number of alkyl halides is 5. The highest BCUT2D eigenvalue weighted by atomic mass is 19.4. The van der Waals surface area contributed by atoms with Crippen LogP contribution in [0.5, 0.6) is 0 Å². The summed E-state index contributed by atoms with van der Waals surface area (Å²) in [7, 11) is 0. The van der Waals surface area contributed by atoms with Crippen molar-refractivity contribution in [2.45, 2.75) is 38.4 Å². The summed E-state index contributed by atoms with van der Waals surface area (Å²) in [5, 5.41) is 2.97. The molecule has 0 aliphatic heterocycles. The number of benzene rings is 1. The van der Waals surface area contributed by atoms with E-state index in [0.717, 1.165) is 12.1 Å². The van der Waals surface area contributed by atoms with Gasteiger partial charge in [0.15, 0.2) is 0 Å². The van der Waals surface area contributed by atoms with Crippen LogP contribution < -0.4 is 5.32 Å². The van der Waals surface area contributed by atoms with Crippen molar-refractivity contribution in [3.05, 3.63) is 29.8 Å². The topological polar surface area (TPSA) is 12.0 Å². The second kappa shape index (κ2) is 4.40. The zero-order valence-corrected chi connectivity index (χ0v) is 10.2. The molecule has 0 heterocycles. The maximum atomic E-state index is 13.0. The fraction of sp³-hybridized carbons (Fsp3) is 0.500. The molecular weight excluding hydrogens is 253 g/mol. The summed E-state index contributed by atoms with van der Waals surface area (Å²) in [5.74, 6) is -4.83. The van der Waals surface area contributed by atoms with E-state index < -0.39 is 17.7 Å². The Morgan fingerprint density at radius 2 is 1.28 bits per heavy atom. The molecule has 0 saturated carbocycles. The first-order chi connectivity index (χ1) is 7.93. The molecule has 1 aromatic carbocycles. The molecule has 6 heteroatoms. The standard InChI is InChI=1S/C12H14F5N/c1-10(2,3)18-9-6-4-8(5-7-9)11(13,14)12(15,16)17/h4-7,18H,1-3H3. The van der Waals surface area contributed by atoms with Crippen LogP contribution in [0.1, 0.15) is 26.3 Å². The van der Waals surface area contributed by atoms with Crippen LogP contribution in [0, 0.1) is 0 Å². The first-order valence-electron chi connectivity index (χ1n) is 5.27. The van der Waals surface area contributed by atoms with E-state index >= 15 is 0 Å². The van der Waals surface area contributed by atoms with Crippen LogP contribution in [-0.2, 0) is 5.92 Å². The van der Waals surface area contributed by atoms with Gasteiger partial charge in [-0.25, -0.2) is 0 Å². The molecule has 0 aliphatic carbocycles. The van der Waals surface area contributed by atoms with Crippen LogP contribution in [0.15, 0.2) is 24.3 Å². The highest BCUT2D eigenvalue weighted by Crippen LogP contribution is 2.43. The molecule has 0 unspecified atom stereocenters. The summed E-state index contributed by atoms with van der Waals surface area (Å²) in [5.41, 5.74) is -0.868. The van der Waals surface area contributed by atoms with Crippen molar-refractivity contribution in [3.8, 4) is 0 Å². The maximum Gasteiger partial charge on any atom is 0.458 e. The molecule has 0 radical (unpaired) electrons. The van der Waals surface area contributed by atoms with E-state index in [-0.39, 0.29) is 5.54 Å². The normalized spacial score (nSPS) is 13.6. The van der Waals surface area contributed by atoms with E-state index in [2.05, 4.69) is 5.32 Å². The molecule has 0 saturated heterocycles. The smallest absolute Gasteiger partial charge is 0.380 e. The SMILES string of the molecule is CC(C)(C)Nc1ccc(C(F)(F)C(F)(F)F)cc1. The van der Waals surface area contributed by atoms with Gasteiger partial charge in [-0.05, 0) is 32.9 Å². The largest absolute Gasteiger partial charge is 0.458 e. The van der Waals surface area contributed by atoms with Crippen LogP contribution >= 0.6 is 0 Å². The zero-order valence-electron chi connectivity index (χ0n) is 10.2. The summed E-state index contributed by atoms with van der Waals surface area (Å²) in [6, 6.07) is 3.98. The second-order valence-electron chi connectivity index (χ2n) is 5.02. The first kappa shape index (κ1) is 14.7. The molecule has 18 heavy (non-hydrogen) atoms. The summed E-state index contributed by atoms with van der Waals surface area (Å²) < 4.78 is 62.3. The van der Waals surface area contributed by atoms with Gasteiger partial charge in [0, 0.05) is 16.8 Å². The van der Waals surface area contributed by atoms with Gasteiger partial charge in [0.2, 0.25) is 0 Å². The van der Waals surface area contributed by atoms with Gasteiger partial charge in [0.05, 0.1) is 0 Å². The minimum Gasteiger partial charge on any atom is -0.380 e. The molecule has 1 aromatic rings. The lowest BCUT2D eigenvalue weighted by Gasteiger charge is -2.23. The number of hydrogen-bond acceptors (Lipinski definition) is 1. The summed E-state index contributed by atoms with van der Waals surface area (Å²) in [6.45, 7) is 5.56. The zero-order chi connectivity index (χ0) is 14.2. The monoisotopic (exact) mass is 267 g/mol. The van der Waals surface area contributed by atoms with Crippen LogP contribution in [0.25, 0.3) is 0 Å². The number of nitrogens with one attached hydrogen (secondary N) is 1. The van der Waals surface area contributed by atoms with Gasteiger partial charge in [0.1, 0.15) is 0 Å². The molecule has 0 amide bonds. The van der Waals surface area contributed by atoms with E-state index in [0.29, 0.717) is 5.69 Å². The van der Waals surface area contributed by atoms with Crippen LogP contribution in [0.4, 0.5) is 27.6 Å². The van der Waals surface area contributed by atoms with Crippen LogP contribution in [-0.4, -0.2) is 11.7 Å². The second-order valence-corrected chi connectivity index (χ2v) is 5.02. The minimum atomic E-state index is -5.58. The van der Waals surface area contributed by atoms with Crippen molar-refractivity contribution in [2.24, 2.45) is 0 Å². The van der Waals surface area contributed by atoms with E-state index in [1.165, 1.54) is 12.1 Å². The number of halogens is 5. The highest BCUT2D eigenvalue weighted by molar-refractivity contribution is 5.47.